The van der Waals surface area contributed by atoms with Gasteiger partial charge in [0.05, 0.1) is 14.2 Å². The summed E-state index contributed by atoms with van der Waals surface area (Å²) < 4.78 is 9.43. The van der Waals surface area contributed by atoms with Crippen LogP contribution in [0.25, 0.3) is 0 Å². The Labute approximate surface area is 108 Å². The molecule has 0 aromatic rings. The van der Waals surface area contributed by atoms with E-state index in [0.29, 0.717) is 12.8 Å². The van der Waals surface area contributed by atoms with Gasteiger partial charge in [0.2, 0.25) is 0 Å². The van der Waals surface area contributed by atoms with Crippen LogP contribution in [0.3, 0.4) is 0 Å². The summed E-state index contributed by atoms with van der Waals surface area (Å²) in [7, 11) is 2.47. The van der Waals surface area contributed by atoms with Gasteiger partial charge in [0.15, 0.2) is 5.41 Å². The van der Waals surface area contributed by atoms with Crippen LogP contribution in [0.2, 0.25) is 0 Å². The van der Waals surface area contributed by atoms with E-state index in [2.05, 4.69) is 0 Å². The number of methoxy groups -OCH3 is 2. The highest BCUT2D eigenvalue weighted by atomic mass is 16.5. The molecule has 0 bridgehead atoms. The van der Waals surface area contributed by atoms with Gasteiger partial charge in [0, 0.05) is 6.42 Å². The first-order chi connectivity index (χ1) is 8.44. The Kier molecular flexibility index (Phi) is 7.24. The Morgan fingerprint density at radius 1 is 1.00 bits per heavy atom. The van der Waals surface area contributed by atoms with Crippen LogP contribution in [-0.4, -0.2) is 31.9 Å². The van der Waals surface area contributed by atoms with Gasteiger partial charge in [-0.05, 0) is 19.8 Å². The molecule has 0 unspecified atom stereocenters. The zero-order valence-corrected chi connectivity index (χ0v) is 11.6. The van der Waals surface area contributed by atoms with Gasteiger partial charge in [-0.3, -0.25) is 9.59 Å². The zero-order chi connectivity index (χ0) is 14.2. The molecule has 0 aliphatic carbocycles. The van der Waals surface area contributed by atoms with Gasteiger partial charge < -0.3 is 14.3 Å². The zero-order valence-electron chi connectivity index (χ0n) is 11.6. The lowest BCUT2D eigenvalue weighted by Gasteiger charge is -2.27. The predicted molar refractivity (Wildman–Crippen MR) is 65.9 cm³/mol. The topological polar surface area (TPSA) is 69.7 Å². The van der Waals surface area contributed by atoms with Crippen molar-refractivity contribution < 1.29 is 23.9 Å². The normalized spacial score (nSPS) is 10.9. The molecule has 0 heterocycles. The van der Waals surface area contributed by atoms with Crippen LogP contribution in [0.5, 0.6) is 0 Å². The number of hydrogen-bond donors (Lipinski definition) is 0. The van der Waals surface area contributed by atoms with Crippen molar-refractivity contribution in [1.29, 1.82) is 0 Å². The maximum Gasteiger partial charge on any atom is 0.323 e. The van der Waals surface area contributed by atoms with Crippen LogP contribution in [0, 0.1) is 5.41 Å². The van der Waals surface area contributed by atoms with Crippen molar-refractivity contribution in [3.8, 4) is 0 Å². The summed E-state index contributed by atoms with van der Waals surface area (Å²) in [4.78, 5) is 34.9. The summed E-state index contributed by atoms with van der Waals surface area (Å²) >= 11 is 0. The highest BCUT2D eigenvalue weighted by Gasteiger charge is 2.47. The van der Waals surface area contributed by atoms with Crippen LogP contribution in [0.15, 0.2) is 0 Å². The molecule has 0 aromatic carbocycles. The molecule has 104 valence electrons. The second-order valence-corrected chi connectivity index (χ2v) is 4.37. The van der Waals surface area contributed by atoms with E-state index >= 15 is 0 Å². The molecule has 5 nitrogen and oxygen atoms in total. The Hall–Kier alpha value is -1.39. The molecule has 0 atom stereocenters. The molecule has 0 saturated carbocycles. The summed E-state index contributed by atoms with van der Waals surface area (Å²) in [5, 5.41) is 0. The van der Waals surface area contributed by atoms with E-state index < -0.39 is 17.4 Å². The summed E-state index contributed by atoms with van der Waals surface area (Å²) in [6.45, 7) is 3.39. The molecule has 5 heteroatoms. The number of ether oxygens (including phenoxy) is 2. The monoisotopic (exact) mass is 258 g/mol. The van der Waals surface area contributed by atoms with Crippen molar-refractivity contribution in [3.63, 3.8) is 0 Å². The number of esters is 2. The third kappa shape index (κ3) is 4.13. The molecule has 0 aliphatic heterocycles. The fourth-order valence-corrected chi connectivity index (χ4v) is 1.88. The van der Waals surface area contributed by atoms with Gasteiger partial charge in [-0.1, -0.05) is 19.8 Å². The number of hydrogen-bond acceptors (Lipinski definition) is 5. The van der Waals surface area contributed by atoms with Crippen molar-refractivity contribution in [1.82, 2.24) is 0 Å². The van der Waals surface area contributed by atoms with Crippen LogP contribution in [-0.2, 0) is 23.9 Å². The number of unbranched alkanes of at least 4 members (excludes halogenated alkanes) is 1. The Bertz CT molecular complexity index is 293. The Morgan fingerprint density at radius 3 is 1.83 bits per heavy atom. The van der Waals surface area contributed by atoms with Crippen LogP contribution in [0.1, 0.15) is 46.0 Å². The number of carbonyl (C=O) groups excluding carboxylic acids is 3. The van der Waals surface area contributed by atoms with Gasteiger partial charge in [-0.15, -0.1) is 0 Å². The lowest BCUT2D eigenvalue weighted by molar-refractivity contribution is -0.170. The minimum Gasteiger partial charge on any atom is -0.468 e. The minimum atomic E-state index is -1.34. The van der Waals surface area contributed by atoms with E-state index in [-0.39, 0.29) is 18.6 Å². The molecule has 0 amide bonds. The standard InChI is InChI=1S/C13H22O5/c1-5-6-8-13(11(15)17-3,12(16)18-4)9-7-10(2)14/h5-9H2,1-4H3. The fraction of sp³-hybridized carbons (Fsp3) is 0.769. The van der Waals surface area contributed by atoms with E-state index in [9.17, 15) is 14.4 Å². The van der Waals surface area contributed by atoms with E-state index in [0.717, 1.165) is 6.42 Å². The van der Waals surface area contributed by atoms with Crippen molar-refractivity contribution in [3.05, 3.63) is 0 Å². The number of rotatable bonds is 8. The second-order valence-electron chi connectivity index (χ2n) is 4.37. The van der Waals surface area contributed by atoms with Crippen molar-refractivity contribution in [2.75, 3.05) is 14.2 Å². The highest BCUT2D eigenvalue weighted by Crippen LogP contribution is 2.33. The third-order valence-corrected chi connectivity index (χ3v) is 3.01. The summed E-state index contributed by atoms with van der Waals surface area (Å²) in [6, 6.07) is 0. The maximum atomic E-state index is 11.9. The Morgan fingerprint density at radius 2 is 1.50 bits per heavy atom. The molecule has 0 saturated heterocycles. The number of Topliss-reactive ketones (excluding diaryl/α,β-unsaturated/α-hetero) is 1. The molecule has 0 aromatic heterocycles. The van der Waals surface area contributed by atoms with E-state index in [1.165, 1.54) is 21.1 Å². The first-order valence-corrected chi connectivity index (χ1v) is 6.10. The minimum absolute atomic E-state index is 0.0660. The smallest absolute Gasteiger partial charge is 0.323 e. The summed E-state index contributed by atoms with van der Waals surface area (Å²) in [5.74, 6) is -1.31. The SMILES string of the molecule is CCCCC(CCC(C)=O)(C(=O)OC)C(=O)OC. The molecular formula is C13H22O5. The quantitative estimate of drug-likeness (QED) is 0.491. The molecule has 18 heavy (non-hydrogen) atoms. The molecule has 0 N–H and O–H groups in total. The van der Waals surface area contributed by atoms with Gasteiger partial charge in [-0.25, -0.2) is 0 Å². The van der Waals surface area contributed by atoms with Gasteiger partial charge in [0.1, 0.15) is 5.78 Å². The first-order valence-electron chi connectivity index (χ1n) is 6.10. The van der Waals surface area contributed by atoms with E-state index in [1.807, 2.05) is 6.92 Å². The molecule has 0 spiro atoms. The fourth-order valence-electron chi connectivity index (χ4n) is 1.88. The summed E-state index contributed by atoms with van der Waals surface area (Å²) in [6.07, 6.45) is 2.18. The van der Waals surface area contributed by atoms with Crippen molar-refractivity contribution >= 4 is 17.7 Å². The third-order valence-electron chi connectivity index (χ3n) is 3.01. The highest BCUT2D eigenvalue weighted by molar-refractivity contribution is 6.00. The average Bonchev–Trinajstić information content (AvgIpc) is 2.37. The van der Waals surface area contributed by atoms with Gasteiger partial charge >= 0.3 is 11.9 Å². The predicted octanol–water partition coefficient (Wildman–Crippen LogP) is 1.88. The summed E-state index contributed by atoms with van der Waals surface area (Å²) in [5.41, 5.74) is -1.34. The molecule has 0 fully saturated rings. The molecular weight excluding hydrogens is 236 g/mol. The average molecular weight is 258 g/mol. The lowest BCUT2D eigenvalue weighted by atomic mass is 9.78. The van der Waals surface area contributed by atoms with Crippen molar-refractivity contribution in [2.24, 2.45) is 5.41 Å². The largest absolute Gasteiger partial charge is 0.468 e. The first kappa shape index (κ1) is 16.6. The van der Waals surface area contributed by atoms with E-state index in [1.54, 1.807) is 0 Å². The number of ketones is 1. The van der Waals surface area contributed by atoms with Gasteiger partial charge in [-0.2, -0.15) is 0 Å². The van der Waals surface area contributed by atoms with Gasteiger partial charge in [0.25, 0.3) is 0 Å². The van der Waals surface area contributed by atoms with Crippen LogP contribution < -0.4 is 0 Å². The van der Waals surface area contributed by atoms with E-state index in [4.69, 9.17) is 9.47 Å². The Balaban J connectivity index is 5.17. The number of carbonyl (C=O) groups is 3. The van der Waals surface area contributed by atoms with Crippen LogP contribution >= 0.6 is 0 Å². The molecule has 0 aliphatic rings. The molecule has 0 radical (unpaired) electrons. The maximum absolute atomic E-state index is 11.9. The molecule has 0 rings (SSSR count). The van der Waals surface area contributed by atoms with Crippen molar-refractivity contribution in [2.45, 2.75) is 46.0 Å². The second kappa shape index (κ2) is 7.84. The van der Waals surface area contributed by atoms with Crippen LogP contribution in [0.4, 0.5) is 0 Å². The lowest BCUT2D eigenvalue weighted by Crippen LogP contribution is -2.41.